The smallest absolute Gasteiger partial charge is 0.185 e. The van der Waals surface area contributed by atoms with E-state index in [0.29, 0.717) is 5.02 Å². The minimum absolute atomic E-state index is 0.165. The molecule has 1 saturated carbocycles. The van der Waals surface area contributed by atoms with Crippen LogP contribution in [0.5, 0.6) is 0 Å². The lowest BCUT2D eigenvalue weighted by atomic mass is 9.87. The molecular formula is C22H22ClNO. The Kier molecular flexibility index (Phi) is 5.40. The van der Waals surface area contributed by atoms with Crippen LogP contribution in [-0.2, 0) is 4.79 Å². The summed E-state index contributed by atoms with van der Waals surface area (Å²) < 4.78 is 0. The Balaban J connectivity index is 1.82. The molecule has 0 aliphatic heterocycles. The summed E-state index contributed by atoms with van der Waals surface area (Å²) in [6.07, 6.45) is 6.69. The summed E-state index contributed by atoms with van der Waals surface area (Å²) >= 11 is 5.93. The minimum atomic E-state index is 0.165. The van der Waals surface area contributed by atoms with E-state index in [1.807, 2.05) is 50.5 Å². The zero-order chi connectivity index (χ0) is 17.8. The van der Waals surface area contributed by atoms with E-state index in [1.165, 1.54) is 0 Å². The zero-order valence-electron chi connectivity index (χ0n) is 14.6. The maximum atomic E-state index is 12.8. The van der Waals surface area contributed by atoms with Gasteiger partial charge in [0.15, 0.2) is 5.78 Å². The standard InChI is InChI=1S/C22H22ClNO/c1-24(2)21-12-8-17(9-13-21)15-19-5-3-4-18(22(19)25)14-16-6-10-20(23)11-7-16/h6-15H,3-5H2,1-2H3/b18-14+,19-15+. The average molecular weight is 352 g/mol. The fourth-order valence-corrected chi connectivity index (χ4v) is 3.13. The maximum Gasteiger partial charge on any atom is 0.185 e. The number of halogens is 1. The Hall–Kier alpha value is -2.32. The number of nitrogens with zero attached hydrogens (tertiary/aromatic N) is 1. The van der Waals surface area contributed by atoms with Crippen LogP contribution in [0.1, 0.15) is 30.4 Å². The van der Waals surface area contributed by atoms with Crippen molar-refractivity contribution in [3.63, 3.8) is 0 Å². The van der Waals surface area contributed by atoms with Gasteiger partial charge in [-0.25, -0.2) is 0 Å². The minimum Gasteiger partial charge on any atom is -0.378 e. The first-order valence-corrected chi connectivity index (χ1v) is 8.89. The van der Waals surface area contributed by atoms with Crippen LogP contribution in [0.25, 0.3) is 12.2 Å². The van der Waals surface area contributed by atoms with Crippen LogP contribution in [0.15, 0.2) is 59.7 Å². The van der Waals surface area contributed by atoms with Gasteiger partial charge in [-0.3, -0.25) is 4.79 Å². The van der Waals surface area contributed by atoms with Crippen molar-refractivity contribution in [2.75, 3.05) is 19.0 Å². The molecule has 1 aliphatic carbocycles. The van der Waals surface area contributed by atoms with E-state index in [2.05, 4.69) is 29.2 Å². The molecule has 0 heterocycles. The molecule has 0 spiro atoms. The van der Waals surface area contributed by atoms with E-state index in [-0.39, 0.29) is 5.78 Å². The Bertz CT molecular complexity index is 814. The molecule has 0 radical (unpaired) electrons. The molecule has 0 aromatic heterocycles. The number of anilines is 1. The lowest BCUT2D eigenvalue weighted by molar-refractivity contribution is -0.112. The highest BCUT2D eigenvalue weighted by Gasteiger charge is 2.20. The third-order valence-electron chi connectivity index (χ3n) is 4.44. The third kappa shape index (κ3) is 4.40. The highest BCUT2D eigenvalue weighted by molar-refractivity contribution is 6.30. The van der Waals surface area contributed by atoms with Crippen LogP contribution < -0.4 is 4.90 Å². The van der Waals surface area contributed by atoms with Crippen LogP contribution in [0, 0.1) is 0 Å². The van der Waals surface area contributed by atoms with Crippen LogP contribution in [0.3, 0.4) is 0 Å². The fourth-order valence-electron chi connectivity index (χ4n) is 3.01. The molecule has 3 heteroatoms. The van der Waals surface area contributed by atoms with Crippen LogP contribution >= 0.6 is 11.6 Å². The number of ketones is 1. The summed E-state index contributed by atoms with van der Waals surface area (Å²) in [5.41, 5.74) is 5.01. The third-order valence-corrected chi connectivity index (χ3v) is 4.69. The first-order chi connectivity index (χ1) is 12.0. The quantitative estimate of drug-likeness (QED) is 0.668. The predicted molar refractivity (Wildman–Crippen MR) is 107 cm³/mol. The van der Waals surface area contributed by atoms with Gasteiger partial charge in [0.1, 0.15) is 0 Å². The maximum absolute atomic E-state index is 12.8. The van der Waals surface area contributed by atoms with E-state index >= 15 is 0 Å². The van der Waals surface area contributed by atoms with Crippen molar-refractivity contribution < 1.29 is 4.79 Å². The number of Topliss-reactive ketones (excluding diaryl/α,β-unsaturated/α-hetero) is 1. The van der Waals surface area contributed by atoms with E-state index in [9.17, 15) is 4.79 Å². The second-order valence-electron chi connectivity index (χ2n) is 6.56. The number of hydrogen-bond donors (Lipinski definition) is 0. The van der Waals surface area contributed by atoms with Gasteiger partial charge in [-0.15, -0.1) is 0 Å². The molecule has 0 saturated heterocycles. The summed E-state index contributed by atoms with van der Waals surface area (Å²) in [5, 5.41) is 0.707. The van der Waals surface area contributed by atoms with Crippen LogP contribution in [0.4, 0.5) is 5.69 Å². The predicted octanol–water partition coefficient (Wildman–Crippen LogP) is 5.63. The molecule has 2 nitrogen and oxygen atoms in total. The molecular weight excluding hydrogens is 330 g/mol. The molecule has 3 rings (SSSR count). The van der Waals surface area contributed by atoms with Crippen molar-refractivity contribution >= 4 is 35.2 Å². The van der Waals surface area contributed by atoms with Gasteiger partial charge in [0.25, 0.3) is 0 Å². The first-order valence-electron chi connectivity index (χ1n) is 8.52. The van der Waals surface area contributed by atoms with Crippen molar-refractivity contribution in [1.29, 1.82) is 0 Å². The Morgan fingerprint density at radius 2 is 1.32 bits per heavy atom. The molecule has 1 fully saturated rings. The number of carbonyl (C=O) groups is 1. The SMILES string of the molecule is CN(C)c1ccc(/C=C2\CCC/C(=C\c3ccc(Cl)cc3)C2=O)cc1. The Morgan fingerprint density at radius 3 is 1.80 bits per heavy atom. The van der Waals surface area contributed by atoms with Gasteiger partial charge in [0, 0.05) is 36.0 Å². The van der Waals surface area contributed by atoms with Crippen LogP contribution in [0.2, 0.25) is 5.02 Å². The van der Waals surface area contributed by atoms with E-state index < -0.39 is 0 Å². The van der Waals surface area contributed by atoms with Gasteiger partial charge in [-0.2, -0.15) is 0 Å². The number of rotatable bonds is 3. The van der Waals surface area contributed by atoms with Gasteiger partial charge in [-0.05, 0) is 66.8 Å². The van der Waals surface area contributed by atoms with Gasteiger partial charge in [0.05, 0.1) is 0 Å². The molecule has 0 atom stereocenters. The van der Waals surface area contributed by atoms with E-state index in [0.717, 1.165) is 47.2 Å². The lowest BCUT2D eigenvalue weighted by Crippen LogP contribution is -2.12. The Morgan fingerprint density at radius 1 is 0.840 bits per heavy atom. The second-order valence-corrected chi connectivity index (χ2v) is 7.00. The molecule has 2 aromatic rings. The molecule has 0 bridgehead atoms. The first kappa shape index (κ1) is 17.5. The van der Waals surface area contributed by atoms with Gasteiger partial charge >= 0.3 is 0 Å². The molecule has 0 amide bonds. The molecule has 0 unspecified atom stereocenters. The Labute approximate surface area is 154 Å². The van der Waals surface area contributed by atoms with Crippen molar-refractivity contribution in [2.24, 2.45) is 0 Å². The molecule has 25 heavy (non-hydrogen) atoms. The second kappa shape index (κ2) is 7.71. The van der Waals surface area contributed by atoms with Gasteiger partial charge in [-0.1, -0.05) is 35.9 Å². The lowest BCUT2D eigenvalue weighted by Gasteiger charge is -2.17. The number of benzene rings is 2. The average Bonchev–Trinajstić information content (AvgIpc) is 2.61. The number of hydrogen-bond acceptors (Lipinski definition) is 2. The summed E-state index contributed by atoms with van der Waals surface area (Å²) in [6.45, 7) is 0. The number of allylic oxidation sites excluding steroid dienone is 2. The van der Waals surface area contributed by atoms with Crippen molar-refractivity contribution in [3.05, 3.63) is 75.8 Å². The summed E-state index contributed by atoms with van der Waals surface area (Å²) in [4.78, 5) is 14.9. The highest BCUT2D eigenvalue weighted by atomic mass is 35.5. The topological polar surface area (TPSA) is 20.3 Å². The summed E-state index contributed by atoms with van der Waals surface area (Å²) in [5.74, 6) is 0.165. The monoisotopic (exact) mass is 351 g/mol. The van der Waals surface area contributed by atoms with E-state index in [4.69, 9.17) is 11.6 Å². The molecule has 128 valence electrons. The molecule has 1 aliphatic rings. The molecule has 2 aromatic carbocycles. The fraction of sp³-hybridized carbons (Fsp3) is 0.227. The van der Waals surface area contributed by atoms with Crippen molar-refractivity contribution in [2.45, 2.75) is 19.3 Å². The molecule has 0 N–H and O–H groups in total. The zero-order valence-corrected chi connectivity index (χ0v) is 15.4. The van der Waals surface area contributed by atoms with Gasteiger partial charge in [0.2, 0.25) is 0 Å². The largest absolute Gasteiger partial charge is 0.378 e. The van der Waals surface area contributed by atoms with Crippen molar-refractivity contribution in [1.82, 2.24) is 0 Å². The highest BCUT2D eigenvalue weighted by Crippen LogP contribution is 2.28. The number of carbonyl (C=O) groups excluding carboxylic acids is 1. The van der Waals surface area contributed by atoms with Gasteiger partial charge < -0.3 is 4.90 Å². The normalized spacial score (nSPS) is 18.0. The van der Waals surface area contributed by atoms with E-state index in [1.54, 1.807) is 0 Å². The summed E-state index contributed by atoms with van der Waals surface area (Å²) in [7, 11) is 4.04. The van der Waals surface area contributed by atoms with Crippen molar-refractivity contribution in [3.8, 4) is 0 Å². The van der Waals surface area contributed by atoms with Crippen LogP contribution in [-0.4, -0.2) is 19.9 Å². The summed E-state index contributed by atoms with van der Waals surface area (Å²) in [6, 6.07) is 15.9.